The average molecular weight is 286 g/mol. The standard InChI is InChI=1S/C16H12ClNO2/c17-13-8-4-5-9-14(13)19-11-16-18-10-15(20-16)12-6-2-1-3-7-12/h1-10H,11H2. The highest BCUT2D eigenvalue weighted by Crippen LogP contribution is 2.25. The van der Waals surface area contributed by atoms with Gasteiger partial charge in [-0.1, -0.05) is 54.1 Å². The van der Waals surface area contributed by atoms with Crippen LogP contribution >= 0.6 is 11.6 Å². The Hall–Kier alpha value is -2.26. The minimum Gasteiger partial charge on any atom is -0.482 e. The van der Waals surface area contributed by atoms with Gasteiger partial charge < -0.3 is 9.15 Å². The van der Waals surface area contributed by atoms with Crippen LogP contribution in [0.3, 0.4) is 0 Å². The number of halogens is 1. The van der Waals surface area contributed by atoms with Crippen LogP contribution in [0.1, 0.15) is 5.89 Å². The number of hydrogen-bond donors (Lipinski definition) is 0. The van der Waals surface area contributed by atoms with Gasteiger partial charge in [0.15, 0.2) is 12.4 Å². The van der Waals surface area contributed by atoms with E-state index in [4.69, 9.17) is 20.8 Å². The van der Waals surface area contributed by atoms with Gasteiger partial charge in [-0.3, -0.25) is 0 Å². The minimum absolute atomic E-state index is 0.247. The molecular weight excluding hydrogens is 274 g/mol. The maximum absolute atomic E-state index is 6.02. The van der Waals surface area contributed by atoms with Crippen LogP contribution in [0, 0.1) is 0 Å². The molecule has 100 valence electrons. The van der Waals surface area contributed by atoms with E-state index in [2.05, 4.69) is 4.98 Å². The Balaban J connectivity index is 1.71. The van der Waals surface area contributed by atoms with Crippen molar-refractivity contribution >= 4 is 11.6 Å². The number of ether oxygens (including phenoxy) is 1. The van der Waals surface area contributed by atoms with Crippen molar-refractivity contribution in [3.63, 3.8) is 0 Å². The van der Waals surface area contributed by atoms with E-state index in [1.54, 1.807) is 12.3 Å². The van der Waals surface area contributed by atoms with E-state index < -0.39 is 0 Å². The summed E-state index contributed by atoms with van der Waals surface area (Å²) in [5.41, 5.74) is 0.990. The molecule has 3 rings (SSSR count). The van der Waals surface area contributed by atoms with Crippen LogP contribution in [0.25, 0.3) is 11.3 Å². The molecule has 0 aliphatic heterocycles. The first-order chi connectivity index (χ1) is 9.83. The molecular formula is C16H12ClNO2. The number of aromatic nitrogens is 1. The van der Waals surface area contributed by atoms with Crippen LogP contribution in [0.4, 0.5) is 0 Å². The van der Waals surface area contributed by atoms with Gasteiger partial charge in [0, 0.05) is 5.56 Å². The van der Waals surface area contributed by atoms with E-state index in [1.165, 1.54) is 0 Å². The SMILES string of the molecule is Clc1ccccc1OCc1ncc(-c2ccccc2)o1. The molecule has 0 radical (unpaired) electrons. The summed E-state index contributed by atoms with van der Waals surface area (Å²) in [4.78, 5) is 4.20. The second-order valence-corrected chi connectivity index (χ2v) is 4.61. The summed E-state index contributed by atoms with van der Waals surface area (Å²) in [6, 6.07) is 17.1. The first-order valence-corrected chi connectivity index (χ1v) is 6.58. The Bertz CT molecular complexity index is 694. The second kappa shape index (κ2) is 5.80. The maximum Gasteiger partial charge on any atom is 0.232 e. The Labute approximate surface area is 121 Å². The molecule has 1 aromatic heterocycles. The summed E-state index contributed by atoms with van der Waals surface area (Å²) in [5.74, 6) is 1.86. The van der Waals surface area contributed by atoms with Gasteiger partial charge in [-0.05, 0) is 12.1 Å². The first-order valence-electron chi connectivity index (χ1n) is 6.20. The van der Waals surface area contributed by atoms with Crippen molar-refractivity contribution in [1.29, 1.82) is 0 Å². The third kappa shape index (κ3) is 2.83. The maximum atomic E-state index is 6.02. The highest BCUT2D eigenvalue weighted by atomic mass is 35.5. The van der Waals surface area contributed by atoms with Gasteiger partial charge in [-0.25, -0.2) is 4.98 Å². The number of benzene rings is 2. The molecule has 4 heteroatoms. The Morgan fingerprint density at radius 3 is 2.55 bits per heavy atom. The summed E-state index contributed by atoms with van der Waals surface area (Å²) in [7, 11) is 0. The van der Waals surface area contributed by atoms with Crippen LogP contribution in [0.5, 0.6) is 5.75 Å². The number of nitrogens with zero attached hydrogens (tertiary/aromatic N) is 1. The van der Waals surface area contributed by atoms with Crippen molar-refractivity contribution in [2.45, 2.75) is 6.61 Å². The van der Waals surface area contributed by atoms with E-state index >= 15 is 0 Å². The van der Waals surface area contributed by atoms with Gasteiger partial charge in [0.25, 0.3) is 0 Å². The van der Waals surface area contributed by atoms with Crippen LogP contribution in [0.2, 0.25) is 5.02 Å². The van der Waals surface area contributed by atoms with Crippen molar-refractivity contribution < 1.29 is 9.15 Å². The molecule has 0 bridgehead atoms. The van der Waals surface area contributed by atoms with Crippen LogP contribution in [-0.4, -0.2) is 4.98 Å². The predicted molar refractivity (Wildman–Crippen MR) is 77.7 cm³/mol. The zero-order valence-electron chi connectivity index (χ0n) is 10.6. The van der Waals surface area contributed by atoms with E-state index in [0.29, 0.717) is 16.7 Å². The van der Waals surface area contributed by atoms with E-state index in [-0.39, 0.29) is 6.61 Å². The van der Waals surface area contributed by atoms with E-state index in [0.717, 1.165) is 11.3 Å². The Kier molecular flexibility index (Phi) is 3.70. The van der Waals surface area contributed by atoms with Gasteiger partial charge in [0.1, 0.15) is 5.75 Å². The molecule has 0 saturated heterocycles. The Morgan fingerprint density at radius 2 is 1.75 bits per heavy atom. The zero-order chi connectivity index (χ0) is 13.8. The average Bonchev–Trinajstić information content (AvgIpc) is 2.96. The van der Waals surface area contributed by atoms with Crippen molar-refractivity contribution in [1.82, 2.24) is 4.98 Å². The van der Waals surface area contributed by atoms with Crippen LogP contribution < -0.4 is 4.74 Å². The lowest BCUT2D eigenvalue weighted by Crippen LogP contribution is -1.95. The molecule has 1 heterocycles. The molecule has 0 fully saturated rings. The van der Waals surface area contributed by atoms with Crippen molar-refractivity contribution in [2.75, 3.05) is 0 Å². The molecule has 0 saturated carbocycles. The van der Waals surface area contributed by atoms with Crippen LogP contribution in [0.15, 0.2) is 65.2 Å². The highest BCUT2D eigenvalue weighted by Gasteiger charge is 2.07. The van der Waals surface area contributed by atoms with Gasteiger partial charge in [0.2, 0.25) is 5.89 Å². The Morgan fingerprint density at radius 1 is 1.00 bits per heavy atom. The molecule has 0 unspecified atom stereocenters. The number of hydrogen-bond acceptors (Lipinski definition) is 3. The normalized spacial score (nSPS) is 10.4. The summed E-state index contributed by atoms with van der Waals surface area (Å²) >= 11 is 6.02. The number of rotatable bonds is 4. The lowest BCUT2D eigenvalue weighted by molar-refractivity contribution is 0.265. The summed E-state index contributed by atoms with van der Waals surface area (Å²) in [6.07, 6.45) is 1.70. The van der Waals surface area contributed by atoms with Gasteiger partial charge in [-0.15, -0.1) is 0 Å². The van der Waals surface area contributed by atoms with E-state index in [1.807, 2.05) is 48.5 Å². The van der Waals surface area contributed by atoms with Crippen molar-refractivity contribution in [3.05, 3.63) is 71.7 Å². The van der Waals surface area contributed by atoms with Crippen LogP contribution in [-0.2, 0) is 6.61 Å². The fourth-order valence-electron chi connectivity index (χ4n) is 1.81. The lowest BCUT2D eigenvalue weighted by Gasteiger charge is -2.04. The molecule has 0 aliphatic rings. The fourth-order valence-corrected chi connectivity index (χ4v) is 2.00. The molecule has 0 aliphatic carbocycles. The van der Waals surface area contributed by atoms with Gasteiger partial charge in [-0.2, -0.15) is 0 Å². The molecule has 2 aromatic carbocycles. The molecule has 20 heavy (non-hydrogen) atoms. The third-order valence-electron chi connectivity index (χ3n) is 2.80. The molecule has 0 spiro atoms. The third-order valence-corrected chi connectivity index (χ3v) is 3.11. The molecule has 3 aromatic rings. The second-order valence-electron chi connectivity index (χ2n) is 4.20. The zero-order valence-corrected chi connectivity index (χ0v) is 11.4. The number of oxazole rings is 1. The summed E-state index contributed by atoms with van der Waals surface area (Å²) in [5, 5.41) is 0.572. The summed E-state index contributed by atoms with van der Waals surface area (Å²) < 4.78 is 11.2. The van der Waals surface area contributed by atoms with E-state index in [9.17, 15) is 0 Å². The van der Waals surface area contributed by atoms with Crippen molar-refractivity contribution in [3.8, 4) is 17.1 Å². The smallest absolute Gasteiger partial charge is 0.232 e. The predicted octanol–water partition coefficient (Wildman–Crippen LogP) is 4.57. The quantitative estimate of drug-likeness (QED) is 0.704. The fraction of sp³-hybridized carbons (Fsp3) is 0.0625. The summed E-state index contributed by atoms with van der Waals surface area (Å²) in [6.45, 7) is 0.247. The largest absolute Gasteiger partial charge is 0.482 e. The topological polar surface area (TPSA) is 35.3 Å². The molecule has 0 amide bonds. The number of para-hydroxylation sites is 1. The van der Waals surface area contributed by atoms with Gasteiger partial charge >= 0.3 is 0 Å². The lowest BCUT2D eigenvalue weighted by atomic mass is 10.2. The van der Waals surface area contributed by atoms with Gasteiger partial charge in [0.05, 0.1) is 11.2 Å². The first kappa shape index (κ1) is 12.8. The molecule has 0 atom stereocenters. The molecule has 3 nitrogen and oxygen atoms in total. The monoisotopic (exact) mass is 285 g/mol. The highest BCUT2D eigenvalue weighted by molar-refractivity contribution is 6.32. The van der Waals surface area contributed by atoms with Crippen molar-refractivity contribution in [2.24, 2.45) is 0 Å². The minimum atomic E-state index is 0.247. The molecule has 0 N–H and O–H groups in total.